The zero-order valence-electron chi connectivity index (χ0n) is 12.0. The fourth-order valence-electron chi connectivity index (χ4n) is 2.27. The van der Waals surface area contributed by atoms with Crippen LogP contribution in [-0.4, -0.2) is 18.6 Å². The van der Waals surface area contributed by atoms with Gasteiger partial charge in [-0.3, -0.25) is 9.59 Å². The summed E-state index contributed by atoms with van der Waals surface area (Å²) in [7, 11) is 0. The van der Waals surface area contributed by atoms with Crippen molar-refractivity contribution in [1.82, 2.24) is 0 Å². The number of fused-ring (bicyclic) bond motifs is 1. The molecular weight excluding hydrogens is 300 g/mol. The van der Waals surface area contributed by atoms with Gasteiger partial charge in [-0.25, -0.2) is 0 Å². The van der Waals surface area contributed by atoms with E-state index >= 15 is 0 Å². The second-order valence-electron chi connectivity index (χ2n) is 4.87. The lowest BCUT2D eigenvalue weighted by Crippen LogP contribution is -2.27. The number of para-hydroxylation sites is 1. The van der Waals surface area contributed by atoms with Crippen molar-refractivity contribution in [2.45, 2.75) is 6.10 Å². The monoisotopic (exact) mass is 314 g/mol. The summed E-state index contributed by atoms with van der Waals surface area (Å²) in [4.78, 5) is 23.2. The largest absolute Gasteiger partial charge is 0.475 e. The van der Waals surface area contributed by atoms with Crippen LogP contribution in [0.15, 0.2) is 42.5 Å². The highest BCUT2D eigenvalue weighted by atomic mass is 16.7. The summed E-state index contributed by atoms with van der Waals surface area (Å²) >= 11 is 0. The van der Waals surface area contributed by atoms with Crippen molar-refractivity contribution in [3.63, 3.8) is 0 Å². The topological polar surface area (TPSA) is 114 Å². The molecule has 0 saturated heterocycles. The summed E-state index contributed by atoms with van der Waals surface area (Å²) in [6, 6.07) is 11.3. The summed E-state index contributed by atoms with van der Waals surface area (Å²) in [6.45, 7) is 0.116. The lowest BCUT2D eigenvalue weighted by molar-refractivity contribution is -0.125. The number of carbonyl (C=O) groups is 2. The lowest BCUT2D eigenvalue weighted by Gasteiger charge is -2.18. The Labute approximate surface area is 131 Å². The van der Waals surface area contributed by atoms with E-state index in [-0.39, 0.29) is 18.1 Å². The zero-order valence-corrected chi connectivity index (χ0v) is 12.0. The first-order valence-electron chi connectivity index (χ1n) is 6.80. The van der Waals surface area contributed by atoms with Gasteiger partial charge < -0.3 is 25.7 Å². The highest BCUT2D eigenvalue weighted by Crippen LogP contribution is 2.35. The molecule has 23 heavy (non-hydrogen) atoms. The van der Waals surface area contributed by atoms with Crippen molar-refractivity contribution in [2.75, 3.05) is 6.79 Å². The third-order valence-electron chi connectivity index (χ3n) is 3.36. The molecule has 0 aliphatic carbocycles. The first-order valence-corrected chi connectivity index (χ1v) is 6.80. The smallest absolute Gasteiger partial charge is 0.263 e. The molecule has 3 rings (SSSR count). The number of rotatable bonds is 5. The molecule has 7 nitrogen and oxygen atoms in total. The zero-order chi connectivity index (χ0) is 16.4. The van der Waals surface area contributed by atoms with Crippen molar-refractivity contribution in [1.29, 1.82) is 0 Å². The molecule has 1 heterocycles. The molecule has 0 fully saturated rings. The quantitative estimate of drug-likeness (QED) is 0.858. The van der Waals surface area contributed by atoms with E-state index in [0.717, 1.165) is 0 Å². The van der Waals surface area contributed by atoms with E-state index in [9.17, 15) is 9.59 Å². The number of hydrogen-bond acceptors (Lipinski definition) is 5. The number of primary amides is 2. The van der Waals surface area contributed by atoms with Crippen LogP contribution in [-0.2, 0) is 4.79 Å². The van der Waals surface area contributed by atoms with E-state index in [1.54, 1.807) is 36.4 Å². The van der Waals surface area contributed by atoms with E-state index in [1.165, 1.54) is 6.07 Å². The maximum atomic E-state index is 11.8. The summed E-state index contributed by atoms with van der Waals surface area (Å²) < 4.78 is 16.1. The molecule has 1 aliphatic heterocycles. The first-order chi connectivity index (χ1) is 11.1. The minimum absolute atomic E-state index is 0.116. The van der Waals surface area contributed by atoms with Crippen LogP contribution >= 0.6 is 0 Å². The number of hydrogen-bond donors (Lipinski definition) is 2. The third-order valence-corrected chi connectivity index (χ3v) is 3.36. The average Bonchev–Trinajstić information content (AvgIpc) is 3.00. The Balaban J connectivity index is 1.94. The van der Waals surface area contributed by atoms with Gasteiger partial charge >= 0.3 is 0 Å². The van der Waals surface area contributed by atoms with Gasteiger partial charge in [0.05, 0.1) is 5.56 Å². The minimum Gasteiger partial charge on any atom is -0.475 e. The maximum Gasteiger partial charge on any atom is 0.263 e. The Morgan fingerprint density at radius 3 is 2.52 bits per heavy atom. The summed E-state index contributed by atoms with van der Waals surface area (Å²) in [5, 5.41) is 0. The van der Waals surface area contributed by atoms with Crippen molar-refractivity contribution in [2.24, 2.45) is 11.5 Å². The highest BCUT2D eigenvalue weighted by Gasteiger charge is 2.25. The molecule has 0 bridgehead atoms. The van der Waals surface area contributed by atoms with Gasteiger partial charge in [0.25, 0.3) is 11.8 Å². The molecule has 118 valence electrons. The number of nitrogens with two attached hydrogens (primary N) is 2. The summed E-state index contributed by atoms with van der Waals surface area (Å²) in [6.07, 6.45) is -1.09. The van der Waals surface area contributed by atoms with Crippen molar-refractivity contribution < 1.29 is 23.8 Å². The SMILES string of the molecule is NC(=O)c1ccccc1OC(C(N)=O)c1ccc2c(c1)OCO2. The van der Waals surface area contributed by atoms with E-state index in [4.69, 9.17) is 25.7 Å². The van der Waals surface area contributed by atoms with Crippen molar-refractivity contribution >= 4 is 11.8 Å². The van der Waals surface area contributed by atoms with Crippen LogP contribution in [0.1, 0.15) is 22.0 Å². The van der Waals surface area contributed by atoms with Gasteiger partial charge in [0, 0.05) is 5.56 Å². The predicted octanol–water partition coefficient (Wildman–Crippen LogP) is 1.12. The second-order valence-corrected chi connectivity index (χ2v) is 4.87. The fraction of sp³-hybridized carbons (Fsp3) is 0.125. The molecule has 2 aromatic rings. The maximum absolute atomic E-state index is 11.8. The number of amides is 2. The molecule has 1 aliphatic rings. The van der Waals surface area contributed by atoms with Gasteiger partial charge in [-0.05, 0) is 24.3 Å². The van der Waals surface area contributed by atoms with E-state index < -0.39 is 17.9 Å². The van der Waals surface area contributed by atoms with Gasteiger partial charge in [0.1, 0.15) is 5.75 Å². The minimum atomic E-state index is -1.09. The molecule has 0 spiro atoms. The van der Waals surface area contributed by atoms with E-state index in [1.807, 2.05) is 0 Å². The molecule has 1 unspecified atom stereocenters. The van der Waals surface area contributed by atoms with Gasteiger partial charge in [0.2, 0.25) is 12.9 Å². The Bertz CT molecular complexity index is 775. The molecule has 4 N–H and O–H groups in total. The van der Waals surface area contributed by atoms with E-state index in [0.29, 0.717) is 17.1 Å². The average molecular weight is 314 g/mol. The van der Waals surface area contributed by atoms with Gasteiger partial charge in [-0.2, -0.15) is 0 Å². The van der Waals surface area contributed by atoms with Crippen LogP contribution in [0.2, 0.25) is 0 Å². The molecule has 2 amide bonds. The first kappa shape index (κ1) is 14.7. The normalized spacial score (nSPS) is 13.4. The van der Waals surface area contributed by atoms with Crippen LogP contribution in [0.3, 0.4) is 0 Å². The van der Waals surface area contributed by atoms with Gasteiger partial charge in [-0.1, -0.05) is 18.2 Å². The summed E-state index contributed by atoms with van der Waals surface area (Å²) in [5.74, 6) is -0.103. The number of benzene rings is 2. The highest BCUT2D eigenvalue weighted by molar-refractivity contribution is 5.95. The van der Waals surface area contributed by atoms with Gasteiger partial charge in [-0.15, -0.1) is 0 Å². The molecular formula is C16H14N2O5. The lowest BCUT2D eigenvalue weighted by atomic mass is 10.1. The standard InChI is InChI=1S/C16H14N2O5/c17-15(19)10-3-1-2-4-11(10)23-14(16(18)20)9-5-6-12-13(7-9)22-8-21-12/h1-7,14H,8H2,(H2,17,19)(H2,18,20). The molecule has 1 atom stereocenters. The number of ether oxygens (including phenoxy) is 3. The predicted molar refractivity (Wildman–Crippen MR) is 80.1 cm³/mol. The summed E-state index contributed by atoms with van der Waals surface area (Å²) in [5.41, 5.74) is 11.4. The van der Waals surface area contributed by atoms with Crippen molar-refractivity contribution in [3.8, 4) is 17.2 Å². The second kappa shape index (κ2) is 5.88. The van der Waals surface area contributed by atoms with Crippen LogP contribution < -0.4 is 25.7 Å². The van der Waals surface area contributed by atoms with Crippen LogP contribution in [0.4, 0.5) is 0 Å². The molecule has 7 heteroatoms. The molecule has 0 aromatic heterocycles. The molecule has 0 saturated carbocycles. The van der Waals surface area contributed by atoms with Crippen LogP contribution in [0.5, 0.6) is 17.2 Å². The third kappa shape index (κ3) is 2.89. The Morgan fingerprint density at radius 2 is 1.78 bits per heavy atom. The van der Waals surface area contributed by atoms with Crippen molar-refractivity contribution in [3.05, 3.63) is 53.6 Å². The molecule has 2 aromatic carbocycles. The molecule has 0 radical (unpaired) electrons. The van der Waals surface area contributed by atoms with Crippen LogP contribution in [0, 0.1) is 0 Å². The van der Waals surface area contributed by atoms with E-state index in [2.05, 4.69) is 0 Å². The Morgan fingerprint density at radius 1 is 1.04 bits per heavy atom. The number of carbonyl (C=O) groups excluding carboxylic acids is 2. The van der Waals surface area contributed by atoms with Crippen LogP contribution in [0.25, 0.3) is 0 Å². The Kier molecular flexibility index (Phi) is 3.76. The Hall–Kier alpha value is -3.22. The fourth-order valence-corrected chi connectivity index (χ4v) is 2.27. The van der Waals surface area contributed by atoms with Gasteiger partial charge in [0.15, 0.2) is 11.5 Å².